The van der Waals surface area contributed by atoms with Gasteiger partial charge in [0.1, 0.15) is 0 Å². The quantitative estimate of drug-likeness (QED) is 0.811. The number of aromatic nitrogens is 2. The van der Waals surface area contributed by atoms with E-state index in [9.17, 15) is 18.0 Å². The minimum atomic E-state index is -4.41. The van der Waals surface area contributed by atoms with Gasteiger partial charge in [-0.15, -0.1) is 0 Å². The van der Waals surface area contributed by atoms with Gasteiger partial charge in [-0.25, -0.2) is 0 Å². The van der Waals surface area contributed by atoms with E-state index in [0.717, 1.165) is 50.8 Å². The van der Waals surface area contributed by atoms with Gasteiger partial charge in [0, 0.05) is 24.7 Å². The third kappa shape index (κ3) is 3.85. The number of hydrogen-bond acceptors (Lipinski definition) is 2. The number of nitrogens with zero attached hydrogens (tertiary/aromatic N) is 2. The second-order valence-electron chi connectivity index (χ2n) is 8.21. The summed E-state index contributed by atoms with van der Waals surface area (Å²) in [5, 5.41) is 7.10. The van der Waals surface area contributed by atoms with Crippen molar-refractivity contribution in [2.45, 2.75) is 70.9 Å². The van der Waals surface area contributed by atoms with Crippen molar-refractivity contribution in [2.75, 3.05) is 5.32 Å². The molecule has 1 aromatic rings. The van der Waals surface area contributed by atoms with Gasteiger partial charge in [0.05, 0.1) is 5.41 Å². The summed E-state index contributed by atoms with van der Waals surface area (Å²) >= 11 is 0. The van der Waals surface area contributed by atoms with Crippen molar-refractivity contribution < 1.29 is 18.0 Å². The van der Waals surface area contributed by atoms with Gasteiger partial charge in [-0.1, -0.05) is 20.3 Å². The smallest absolute Gasteiger partial charge is 0.309 e. The van der Waals surface area contributed by atoms with Gasteiger partial charge in [-0.2, -0.15) is 18.3 Å². The molecule has 0 unspecified atom stereocenters. The Balaban J connectivity index is 1.78. The van der Waals surface area contributed by atoms with Gasteiger partial charge in [-0.05, 0) is 43.9 Å². The van der Waals surface area contributed by atoms with Crippen LogP contribution in [-0.2, 0) is 18.3 Å². The predicted molar refractivity (Wildman–Crippen MR) is 89.3 cm³/mol. The molecule has 1 aromatic heterocycles. The Kier molecular flexibility index (Phi) is 4.62. The Hall–Kier alpha value is -1.53. The minimum Gasteiger partial charge on any atom is -0.309 e. The number of aryl methyl sites for hydroxylation is 1. The van der Waals surface area contributed by atoms with Crippen molar-refractivity contribution in [3.05, 3.63) is 11.3 Å². The molecule has 1 N–H and O–H groups in total. The maximum Gasteiger partial charge on any atom is 0.394 e. The molecular weight excluding hydrogens is 331 g/mol. The van der Waals surface area contributed by atoms with Crippen LogP contribution < -0.4 is 5.32 Å². The fourth-order valence-electron chi connectivity index (χ4n) is 3.31. The van der Waals surface area contributed by atoms with E-state index in [1.54, 1.807) is 4.68 Å². The van der Waals surface area contributed by atoms with E-state index in [4.69, 9.17) is 0 Å². The Morgan fingerprint density at radius 3 is 2.36 bits per heavy atom. The average Bonchev–Trinajstić information content (AvgIpc) is 3.16. The first-order valence-corrected chi connectivity index (χ1v) is 9.01. The highest BCUT2D eigenvalue weighted by atomic mass is 19.4. The minimum absolute atomic E-state index is 0.369. The summed E-state index contributed by atoms with van der Waals surface area (Å²) in [7, 11) is 1.86. The largest absolute Gasteiger partial charge is 0.394 e. The molecule has 0 aromatic carbocycles. The molecule has 0 atom stereocenters. The van der Waals surface area contributed by atoms with E-state index in [-0.39, 0.29) is 0 Å². The summed E-state index contributed by atoms with van der Waals surface area (Å²) in [5.74, 6) is 0.889. The van der Waals surface area contributed by atoms with E-state index in [1.807, 2.05) is 7.05 Å². The zero-order valence-corrected chi connectivity index (χ0v) is 15.0. The molecule has 2 fully saturated rings. The predicted octanol–water partition coefficient (Wildman–Crippen LogP) is 4.56. The first-order valence-electron chi connectivity index (χ1n) is 9.01. The van der Waals surface area contributed by atoms with Crippen LogP contribution in [0.25, 0.3) is 0 Å². The van der Waals surface area contributed by atoms with Crippen LogP contribution >= 0.6 is 0 Å². The average molecular weight is 357 g/mol. The molecule has 0 aliphatic heterocycles. The number of anilines is 1. The lowest BCUT2D eigenvalue weighted by atomic mass is 9.79. The molecule has 4 nitrogen and oxygen atoms in total. The molecule has 0 bridgehead atoms. The number of carbonyl (C=O) groups excluding carboxylic acids is 1. The topological polar surface area (TPSA) is 46.9 Å². The molecule has 2 saturated carbocycles. The first kappa shape index (κ1) is 18.3. The lowest BCUT2D eigenvalue weighted by Crippen LogP contribution is -2.36. The molecule has 25 heavy (non-hydrogen) atoms. The van der Waals surface area contributed by atoms with Gasteiger partial charge in [0.2, 0.25) is 5.91 Å². The third-order valence-corrected chi connectivity index (χ3v) is 5.53. The lowest BCUT2D eigenvalue weighted by molar-refractivity contribution is -0.213. The van der Waals surface area contributed by atoms with Crippen molar-refractivity contribution in [1.82, 2.24) is 9.78 Å². The second kappa shape index (κ2) is 6.32. The Labute approximate surface area is 146 Å². The van der Waals surface area contributed by atoms with E-state index in [2.05, 4.69) is 10.4 Å². The van der Waals surface area contributed by atoms with Crippen LogP contribution in [0.2, 0.25) is 0 Å². The Bertz CT molecular complexity index is 655. The molecule has 2 aliphatic carbocycles. The highest BCUT2D eigenvalue weighted by Gasteiger charge is 2.48. The van der Waals surface area contributed by atoms with Crippen molar-refractivity contribution in [1.29, 1.82) is 0 Å². The molecule has 3 rings (SSSR count). The molecule has 2 aliphatic rings. The van der Waals surface area contributed by atoms with Crippen LogP contribution in [0, 0.1) is 11.3 Å². The van der Waals surface area contributed by atoms with Crippen LogP contribution in [-0.4, -0.2) is 21.9 Å². The fraction of sp³-hybridized carbons (Fsp3) is 0.778. The van der Waals surface area contributed by atoms with Crippen molar-refractivity contribution >= 4 is 11.7 Å². The number of amides is 1. The zero-order chi connectivity index (χ0) is 18.4. The molecule has 0 saturated heterocycles. The summed E-state index contributed by atoms with van der Waals surface area (Å²) in [5.41, 5.74) is 0.135. The monoisotopic (exact) mass is 357 g/mol. The van der Waals surface area contributed by atoms with Crippen LogP contribution in [0.5, 0.6) is 0 Å². The summed E-state index contributed by atoms with van der Waals surface area (Å²) in [6.45, 7) is 2.10. The van der Waals surface area contributed by atoms with E-state index in [0.29, 0.717) is 17.7 Å². The van der Waals surface area contributed by atoms with E-state index >= 15 is 0 Å². The molecule has 7 heteroatoms. The number of nitrogens with one attached hydrogen (secondary N) is 1. The first-order chi connectivity index (χ1) is 11.6. The molecule has 0 radical (unpaired) electrons. The standard InChI is InChI=1S/C18H26F3N3O/c1-17(2,18(19,20)21)10-14(25)22-16-15(12-5-4-6-12)13(24(3)23-16)9-11-7-8-11/h11-12H,4-10H2,1-3H3,(H,22,23,25). The number of halogens is 3. The van der Waals surface area contributed by atoms with Crippen LogP contribution in [0.4, 0.5) is 19.0 Å². The van der Waals surface area contributed by atoms with Crippen molar-refractivity contribution in [2.24, 2.45) is 18.4 Å². The number of alkyl halides is 3. The molecule has 1 heterocycles. The third-order valence-electron chi connectivity index (χ3n) is 5.53. The molecular formula is C18H26F3N3O. The lowest BCUT2D eigenvalue weighted by Gasteiger charge is -2.28. The maximum atomic E-state index is 13.0. The fourth-order valence-corrected chi connectivity index (χ4v) is 3.31. The Morgan fingerprint density at radius 1 is 1.24 bits per heavy atom. The molecule has 1 amide bonds. The van der Waals surface area contributed by atoms with Crippen LogP contribution in [0.3, 0.4) is 0 Å². The van der Waals surface area contributed by atoms with Crippen molar-refractivity contribution in [3.63, 3.8) is 0 Å². The summed E-state index contributed by atoms with van der Waals surface area (Å²) in [6, 6.07) is 0. The molecule has 140 valence electrons. The molecule has 0 spiro atoms. The van der Waals surface area contributed by atoms with Gasteiger partial charge >= 0.3 is 6.18 Å². The maximum absolute atomic E-state index is 13.0. The van der Waals surface area contributed by atoms with Gasteiger partial charge in [-0.3, -0.25) is 9.48 Å². The number of rotatable bonds is 6. The van der Waals surface area contributed by atoms with E-state index < -0.39 is 23.9 Å². The van der Waals surface area contributed by atoms with Crippen LogP contribution in [0.15, 0.2) is 0 Å². The zero-order valence-electron chi connectivity index (χ0n) is 15.0. The SMILES string of the molecule is Cn1nc(NC(=O)CC(C)(C)C(F)(F)F)c(C2CCC2)c1CC1CC1. The van der Waals surface area contributed by atoms with Crippen LogP contribution in [0.1, 0.15) is 69.5 Å². The van der Waals surface area contributed by atoms with Crippen molar-refractivity contribution in [3.8, 4) is 0 Å². The Morgan fingerprint density at radius 2 is 1.88 bits per heavy atom. The van der Waals surface area contributed by atoms with Gasteiger partial charge < -0.3 is 5.32 Å². The van der Waals surface area contributed by atoms with Gasteiger partial charge in [0.15, 0.2) is 5.82 Å². The number of carbonyl (C=O) groups is 1. The summed E-state index contributed by atoms with van der Waals surface area (Å²) in [4.78, 5) is 12.3. The highest BCUT2D eigenvalue weighted by Crippen LogP contribution is 2.45. The van der Waals surface area contributed by atoms with E-state index in [1.165, 1.54) is 12.8 Å². The van der Waals surface area contributed by atoms with Gasteiger partial charge in [0.25, 0.3) is 0 Å². The second-order valence-corrected chi connectivity index (χ2v) is 8.21. The summed E-state index contributed by atoms with van der Waals surface area (Å²) < 4.78 is 40.9. The highest BCUT2D eigenvalue weighted by molar-refractivity contribution is 5.91. The number of hydrogen-bond donors (Lipinski definition) is 1. The normalized spacial score (nSPS) is 19.0. The summed E-state index contributed by atoms with van der Waals surface area (Å²) in [6.07, 6.45) is 1.63.